The normalized spacial score (nSPS) is 13.9. The van der Waals surface area contributed by atoms with E-state index in [4.69, 9.17) is 4.74 Å². The molecule has 0 aromatic heterocycles. The molecule has 0 saturated heterocycles. The lowest BCUT2D eigenvalue weighted by atomic mass is 9.91. The van der Waals surface area contributed by atoms with Gasteiger partial charge >= 0.3 is 0 Å². The summed E-state index contributed by atoms with van der Waals surface area (Å²) in [6.07, 6.45) is 6.59. The van der Waals surface area contributed by atoms with E-state index in [0.29, 0.717) is 0 Å². The number of carbonyl (C=O) groups excluding carboxylic acids is 1. The molecule has 0 aliphatic heterocycles. The van der Waals surface area contributed by atoms with Crippen molar-refractivity contribution in [3.8, 4) is 5.75 Å². The van der Waals surface area contributed by atoms with E-state index in [9.17, 15) is 4.79 Å². The van der Waals surface area contributed by atoms with Gasteiger partial charge in [0.25, 0.3) is 5.91 Å². The summed E-state index contributed by atoms with van der Waals surface area (Å²) >= 11 is 0. The second kappa shape index (κ2) is 7.32. The second-order valence-electron chi connectivity index (χ2n) is 5.47. The molecular weight excluding hydrogens is 250 g/mol. The molecule has 0 unspecified atom stereocenters. The van der Waals surface area contributed by atoms with Crippen molar-refractivity contribution in [3.63, 3.8) is 0 Å². The van der Waals surface area contributed by atoms with Crippen molar-refractivity contribution in [1.29, 1.82) is 0 Å². The molecule has 1 N–H and O–H groups in total. The minimum Gasteiger partial charge on any atom is -0.483 e. The predicted octanol–water partition coefficient (Wildman–Crippen LogP) is 3.25. The summed E-state index contributed by atoms with van der Waals surface area (Å²) in [7, 11) is 0. The Labute approximate surface area is 121 Å². The molecule has 0 fully saturated rings. The highest BCUT2D eigenvalue weighted by molar-refractivity contribution is 5.77. The summed E-state index contributed by atoms with van der Waals surface area (Å²) in [4.78, 5) is 11.9. The Hall–Kier alpha value is -1.51. The highest BCUT2D eigenvalue weighted by Gasteiger charge is 2.15. The van der Waals surface area contributed by atoms with E-state index in [-0.39, 0.29) is 18.6 Å². The summed E-state index contributed by atoms with van der Waals surface area (Å²) in [5, 5.41) is 3.00. The van der Waals surface area contributed by atoms with E-state index >= 15 is 0 Å². The molecule has 110 valence electrons. The third-order valence-electron chi connectivity index (χ3n) is 4.06. The van der Waals surface area contributed by atoms with Crippen LogP contribution in [0.4, 0.5) is 0 Å². The zero-order chi connectivity index (χ0) is 14.4. The fourth-order valence-corrected chi connectivity index (χ4v) is 2.79. The molecule has 0 saturated carbocycles. The Bertz CT molecular complexity index is 452. The first-order chi connectivity index (χ1) is 9.74. The lowest BCUT2D eigenvalue weighted by molar-refractivity contribution is -0.123. The van der Waals surface area contributed by atoms with Crippen LogP contribution >= 0.6 is 0 Å². The highest BCUT2D eigenvalue weighted by Crippen LogP contribution is 2.29. The van der Waals surface area contributed by atoms with Gasteiger partial charge in [0.1, 0.15) is 5.75 Å². The van der Waals surface area contributed by atoms with Crippen LogP contribution in [0.3, 0.4) is 0 Å². The van der Waals surface area contributed by atoms with Gasteiger partial charge in [0.15, 0.2) is 6.61 Å². The molecule has 0 bridgehead atoms. The zero-order valence-corrected chi connectivity index (χ0v) is 12.6. The number of ether oxygens (including phenoxy) is 1. The lowest BCUT2D eigenvalue weighted by Crippen LogP contribution is -2.37. The van der Waals surface area contributed by atoms with Gasteiger partial charge in [-0.3, -0.25) is 4.79 Å². The maximum Gasteiger partial charge on any atom is 0.258 e. The molecule has 0 radical (unpaired) electrons. The molecule has 1 aromatic rings. The first-order valence-corrected chi connectivity index (χ1v) is 7.77. The quantitative estimate of drug-likeness (QED) is 0.865. The van der Waals surface area contributed by atoms with Crippen LogP contribution in [0.2, 0.25) is 0 Å². The van der Waals surface area contributed by atoms with Crippen LogP contribution in [0, 0.1) is 0 Å². The fourth-order valence-electron chi connectivity index (χ4n) is 2.79. The van der Waals surface area contributed by atoms with Crippen molar-refractivity contribution in [2.24, 2.45) is 0 Å². The number of fused-ring (bicyclic) bond motifs is 1. The molecule has 20 heavy (non-hydrogen) atoms. The van der Waals surface area contributed by atoms with Gasteiger partial charge in [-0.25, -0.2) is 0 Å². The summed E-state index contributed by atoms with van der Waals surface area (Å²) < 4.78 is 5.74. The van der Waals surface area contributed by atoms with Crippen molar-refractivity contribution < 1.29 is 9.53 Å². The van der Waals surface area contributed by atoms with Crippen molar-refractivity contribution >= 4 is 5.91 Å². The maximum absolute atomic E-state index is 11.9. The number of benzene rings is 1. The Morgan fingerprint density at radius 2 is 2.00 bits per heavy atom. The Balaban J connectivity index is 1.92. The van der Waals surface area contributed by atoms with Gasteiger partial charge in [-0.1, -0.05) is 26.0 Å². The monoisotopic (exact) mass is 275 g/mol. The Morgan fingerprint density at radius 3 is 2.75 bits per heavy atom. The SMILES string of the molecule is CCC(CC)NC(=O)COc1cccc2c1CCCC2. The smallest absolute Gasteiger partial charge is 0.258 e. The average Bonchev–Trinajstić information content (AvgIpc) is 2.50. The maximum atomic E-state index is 11.9. The van der Waals surface area contributed by atoms with Gasteiger partial charge in [-0.05, 0) is 55.7 Å². The largest absolute Gasteiger partial charge is 0.483 e. The second-order valence-corrected chi connectivity index (χ2v) is 5.47. The van der Waals surface area contributed by atoms with Crippen LogP contribution in [-0.2, 0) is 17.6 Å². The third kappa shape index (κ3) is 3.75. The number of hydrogen-bond donors (Lipinski definition) is 1. The van der Waals surface area contributed by atoms with Crippen molar-refractivity contribution in [2.75, 3.05) is 6.61 Å². The zero-order valence-electron chi connectivity index (χ0n) is 12.6. The number of amides is 1. The van der Waals surface area contributed by atoms with E-state index in [2.05, 4.69) is 25.2 Å². The molecule has 0 atom stereocenters. The number of rotatable bonds is 6. The summed E-state index contributed by atoms with van der Waals surface area (Å²) in [5.41, 5.74) is 2.68. The minimum atomic E-state index is -0.0212. The molecule has 3 heteroatoms. The molecular formula is C17H25NO2. The van der Waals surface area contributed by atoms with E-state index in [0.717, 1.165) is 31.4 Å². The van der Waals surface area contributed by atoms with E-state index < -0.39 is 0 Å². The van der Waals surface area contributed by atoms with Crippen molar-refractivity contribution in [3.05, 3.63) is 29.3 Å². The van der Waals surface area contributed by atoms with Gasteiger partial charge in [0.05, 0.1) is 0 Å². The van der Waals surface area contributed by atoms with Crippen LogP contribution in [-0.4, -0.2) is 18.6 Å². The van der Waals surface area contributed by atoms with Gasteiger partial charge in [-0.2, -0.15) is 0 Å². The summed E-state index contributed by atoms with van der Waals surface area (Å²) in [6.45, 7) is 4.29. The van der Waals surface area contributed by atoms with Crippen LogP contribution in [0.15, 0.2) is 18.2 Å². The van der Waals surface area contributed by atoms with Crippen LogP contribution in [0.1, 0.15) is 50.7 Å². The standard InChI is InChI=1S/C17H25NO2/c1-3-14(4-2)18-17(19)12-20-16-11-7-9-13-8-5-6-10-15(13)16/h7,9,11,14H,3-6,8,10,12H2,1-2H3,(H,18,19). The predicted molar refractivity (Wildman–Crippen MR) is 81.1 cm³/mol. The molecule has 2 rings (SSSR count). The number of nitrogens with one attached hydrogen (secondary N) is 1. The summed E-state index contributed by atoms with van der Waals surface area (Å²) in [6, 6.07) is 6.44. The van der Waals surface area contributed by atoms with E-state index in [1.807, 2.05) is 12.1 Å². The number of hydrogen-bond acceptors (Lipinski definition) is 2. The van der Waals surface area contributed by atoms with Gasteiger partial charge < -0.3 is 10.1 Å². The van der Waals surface area contributed by atoms with Crippen LogP contribution < -0.4 is 10.1 Å². The van der Waals surface area contributed by atoms with Crippen LogP contribution in [0.25, 0.3) is 0 Å². The van der Waals surface area contributed by atoms with E-state index in [1.165, 1.54) is 24.0 Å². The lowest BCUT2D eigenvalue weighted by Gasteiger charge is -2.20. The highest BCUT2D eigenvalue weighted by atomic mass is 16.5. The third-order valence-corrected chi connectivity index (χ3v) is 4.06. The fraction of sp³-hybridized carbons (Fsp3) is 0.588. The molecule has 3 nitrogen and oxygen atoms in total. The van der Waals surface area contributed by atoms with Crippen LogP contribution in [0.5, 0.6) is 5.75 Å². The first kappa shape index (κ1) is 14.9. The molecule has 1 aromatic carbocycles. The van der Waals surface area contributed by atoms with Gasteiger partial charge in [0, 0.05) is 6.04 Å². The number of carbonyl (C=O) groups is 1. The minimum absolute atomic E-state index is 0.0212. The summed E-state index contributed by atoms with van der Waals surface area (Å²) in [5.74, 6) is 0.869. The Kier molecular flexibility index (Phi) is 5.45. The molecule has 1 aliphatic carbocycles. The van der Waals surface area contributed by atoms with E-state index in [1.54, 1.807) is 0 Å². The van der Waals surface area contributed by atoms with Gasteiger partial charge in [-0.15, -0.1) is 0 Å². The number of aryl methyl sites for hydroxylation is 1. The van der Waals surface area contributed by atoms with Crippen molar-refractivity contribution in [1.82, 2.24) is 5.32 Å². The van der Waals surface area contributed by atoms with Gasteiger partial charge in [0.2, 0.25) is 0 Å². The Morgan fingerprint density at radius 1 is 1.25 bits per heavy atom. The molecule has 1 aliphatic rings. The molecule has 1 amide bonds. The molecule has 0 spiro atoms. The molecule has 0 heterocycles. The average molecular weight is 275 g/mol. The topological polar surface area (TPSA) is 38.3 Å². The van der Waals surface area contributed by atoms with Crippen molar-refractivity contribution in [2.45, 2.75) is 58.4 Å². The first-order valence-electron chi connectivity index (χ1n) is 7.77.